The van der Waals surface area contributed by atoms with Gasteiger partial charge in [0.15, 0.2) is 0 Å². The molecule has 0 spiro atoms. The molecule has 0 saturated carbocycles. The summed E-state index contributed by atoms with van der Waals surface area (Å²) in [7, 11) is -1.58. The summed E-state index contributed by atoms with van der Waals surface area (Å²) >= 11 is 0. The van der Waals surface area contributed by atoms with Crippen molar-refractivity contribution in [2.45, 2.75) is 44.8 Å². The molecule has 1 amide bonds. The van der Waals surface area contributed by atoms with Gasteiger partial charge in [-0.1, -0.05) is 0 Å². The van der Waals surface area contributed by atoms with Gasteiger partial charge < -0.3 is 14.8 Å². The zero-order valence-electron chi connectivity index (χ0n) is 16.3. The van der Waals surface area contributed by atoms with E-state index in [-0.39, 0.29) is 23.5 Å². The fraction of sp³-hybridized carbons (Fsp3) is 0.632. The zero-order valence-corrected chi connectivity index (χ0v) is 17.1. The van der Waals surface area contributed by atoms with Gasteiger partial charge in [-0.25, -0.2) is 12.7 Å². The van der Waals surface area contributed by atoms with Crippen LogP contribution in [-0.4, -0.2) is 50.7 Å². The summed E-state index contributed by atoms with van der Waals surface area (Å²) in [6.07, 6.45) is 2.94. The molecule has 150 valence electrons. The lowest BCUT2D eigenvalue weighted by atomic mass is 9.88. The number of carbonyl (C=O) groups is 1. The number of nitrogens with one attached hydrogen (secondary N) is 1. The highest BCUT2D eigenvalue weighted by molar-refractivity contribution is 7.88. The fourth-order valence-electron chi connectivity index (χ4n) is 3.83. The second-order valence-electron chi connectivity index (χ2n) is 7.97. The van der Waals surface area contributed by atoms with Gasteiger partial charge in [0.25, 0.3) is 0 Å². The minimum absolute atomic E-state index is 0.0281. The first-order chi connectivity index (χ1) is 12.6. The van der Waals surface area contributed by atoms with Gasteiger partial charge in [0, 0.05) is 31.0 Å². The Hall–Kier alpha value is -1.80. The van der Waals surface area contributed by atoms with E-state index >= 15 is 0 Å². The van der Waals surface area contributed by atoms with E-state index in [1.807, 2.05) is 32.0 Å². The number of ether oxygens (including phenoxy) is 2. The number of carbonyl (C=O) groups excluding carboxylic acids is 1. The molecule has 1 fully saturated rings. The van der Waals surface area contributed by atoms with Crippen LogP contribution in [0.25, 0.3) is 0 Å². The van der Waals surface area contributed by atoms with Crippen molar-refractivity contribution in [1.29, 1.82) is 0 Å². The van der Waals surface area contributed by atoms with Crippen LogP contribution in [0.4, 0.5) is 0 Å². The topological polar surface area (TPSA) is 84.9 Å². The van der Waals surface area contributed by atoms with Crippen LogP contribution in [0.2, 0.25) is 0 Å². The number of fused-ring (bicyclic) bond motifs is 1. The Balaban J connectivity index is 1.73. The van der Waals surface area contributed by atoms with Crippen LogP contribution < -0.4 is 14.8 Å². The molecular formula is C19H28N2O5S. The number of rotatable bonds is 4. The molecule has 0 aliphatic carbocycles. The summed E-state index contributed by atoms with van der Waals surface area (Å²) in [5, 5.41) is 3.16. The fourth-order valence-corrected chi connectivity index (χ4v) is 4.70. The molecule has 0 bridgehead atoms. The monoisotopic (exact) mass is 396 g/mol. The van der Waals surface area contributed by atoms with Crippen LogP contribution in [0.3, 0.4) is 0 Å². The minimum atomic E-state index is -3.19. The van der Waals surface area contributed by atoms with Gasteiger partial charge >= 0.3 is 0 Å². The van der Waals surface area contributed by atoms with Crippen LogP contribution in [0.1, 0.15) is 44.7 Å². The number of sulfonamides is 1. The third kappa shape index (κ3) is 4.55. The van der Waals surface area contributed by atoms with E-state index in [9.17, 15) is 13.2 Å². The van der Waals surface area contributed by atoms with E-state index in [4.69, 9.17) is 9.47 Å². The Morgan fingerprint density at radius 3 is 2.56 bits per heavy atom. The van der Waals surface area contributed by atoms with Gasteiger partial charge in [-0.05, 0) is 44.9 Å². The van der Waals surface area contributed by atoms with Crippen molar-refractivity contribution >= 4 is 15.9 Å². The second kappa shape index (κ2) is 7.31. The normalized spacial score (nSPS) is 23.2. The molecule has 1 N–H and O–H groups in total. The van der Waals surface area contributed by atoms with E-state index < -0.39 is 10.0 Å². The maximum absolute atomic E-state index is 12.8. The number of hydrogen-bond acceptors (Lipinski definition) is 5. The van der Waals surface area contributed by atoms with E-state index in [0.717, 1.165) is 17.1 Å². The van der Waals surface area contributed by atoms with Crippen molar-refractivity contribution in [2.24, 2.45) is 5.92 Å². The number of piperidine rings is 1. The van der Waals surface area contributed by atoms with E-state index in [1.165, 1.54) is 10.6 Å². The van der Waals surface area contributed by atoms with Crippen molar-refractivity contribution in [3.63, 3.8) is 0 Å². The molecule has 27 heavy (non-hydrogen) atoms. The lowest BCUT2D eigenvalue weighted by molar-refractivity contribution is -0.127. The summed E-state index contributed by atoms with van der Waals surface area (Å²) in [4.78, 5) is 12.8. The van der Waals surface area contributed by atoms with Gasteiger partial charge in [0.1, 0.15) is 17.1 Å². The van der Waals surface area contributed by atoms with Crippen LogP contribution in [-0.2, 0) is 14.8 Å². The van der Waals surface area contributed by atoms with Crippen molar-refractivity contribution < 1.29 is 22.7 Å². The summed E-state index contributed by atoms with van der Waals surface area (Å²) in [5.41, 5.74) is 0.523. The van der Waals surface area contributed by atoms with Gasteiger partial charge in [-0.3, -0.25) is 4.79 Å². The van der Waals surface area contributed by atoms with Gasteiger partial charge in [-0.15, -0.1) is 0 Å². The smallest absolute Gasteiger partial charge is 0.223 e. The first-order valence-electron chi connectivity index (χ1n) is 9.21. The summed E-state index contributed by atoms with van der Waals surface area (Å²) in [6, 6.07) is 5.46. The van der Waals surface area contributed by atoms with Crippen LogP contribution >= 0.6 is 0 Å². The Labute approximate surface area is 161 Å². The maximum atomic E-state index is 12.8. The third-order valence-corrected chi connectivity index (χ3v) is 6.59. The molecule has 3 rings (SSSR count). The number of methoxy groups -OCH3 is 1. The molecule has 2 aliphatic rings. The van der Waals surface area contributed by atoms with E-state index in [0.29, 0.717) is 32.4 Å². The number of benzene rings is 1. The highest BCUT2D eigenvalue weighted by atomic mass is 32.2. The molecule has 1 aromatic rings. The first-order valence-corrected chi connectivity index (χ1v) is 11.1. The SMILES string of the molecule is COc1ccc2c(c1)C(NC(=O)C1CCN(S(C)(=O)=O)CC1)CC(C)(C)O2. The molecule has 2 heterocycles. The first kappa shape index (κ1) is 19.9. The minimum Gasteiger partial charge on any atom is -0.497 e. The molecule has 0 radical (unpaired) electrons. The molecule has 0 aromatic heterocycles. The molecular weight excluding hydrogens is 368 g/mol. The predicted molar refractivity (Wildman–Crippen MR) is 102 cm³/mol. The maximum Gasteiger partial charge on any atom is 0.223 e. The number of hydrogen-bond donors (Lipinski definition) is 1. The van der Waals surface area contributed by atoms with Crippen molar-refractivity contribution in [2.75, 3.05) is 26.5 Å². The standard InChI is InChI=1S/C19H28N2O5S/c1-19(2)12-16(15-11-14(25-3)5-6-17(15)26-19)20-18(22)13-7-9-21(10-8-13)27(4,23)24/h5-6,11,13,16H,7-10,12H2,1-4H3,(H,20,22). The van der Waals surface area contributed by atoms with Crippen molar-refractivity contribution in [3.8, 4) is 11.5 Å². The van der Waals surface area contributed by atoms with E-state index in [2.05, 4.69) is 5.32 Å². The van der Waals surface area contributed by atoms with Crippen LogP contribution in [0.15, 0.2) is 18.2 Å². The van der Waals surface area contributed by atoms with Crippen molar-refractivity contribution in [3.05, 3.63) is 23.8 Å². The Kier molecular flexibility index (Phi) is 5.40. The lowest BCUT2D eigenvalue weighted by Gasteiger charge is -2.39. The second-order valence-corrected chi connectivity index (χ2v) is 9.95. The molecule has 1 unspecified atom stereocenters. The predicted octanol–water partition coefficient (Wildman–Crippen LogP) is 2.09. The number of amides is 1. The Bertz CT molecular complexity index is 813. The lowest BCUT2D eigenvalue weighted by Crippen LogP contribution is -2.46. The number of nitrogens with zero attached hydrogens (tertiary/aromatic N) is 1. The average molecular weight is 397 g/mol. The van der Waals surface area contributed by atoms with Crippen LogP contribution in [0, 0.1) is 5.92 Å². The van der Waals surface area contributed by atoms with Gasteiger partial charge in [-0.2, -0.15) is 0 Å². The summed E-state index contributed by atoms with van der Waals surface area (Å²) in [5.74, 6) is 1.27. The van der Waals surface area contributed by atoms with Gasteiger partial charge in [0.2, 0.25) is 15.9 Å². The van der Waals surface area contributed by atoms with Crippen molar-refractivity contribution in [1.82, 2.24) is 9.62 Å². The summed E-state index contributed by atoms with van der Waals surface area (Å²) in [6.45, 7) is 4.79. The van der Waals surface area contributed by atoms with Crippen LogP contribution in [0.5, 0.6) is 11.5 Å². The third-order valence-electron chi connectivity index (χ3n) is 5.28. The molecule has 1 saturated heterocycles. The van der Waals surface area contributed by atoms with Gasteiger partial charge in [0.05, 0.1) is 19.4 Å². The Morgan fingerprint density at radius 1 is 1.30 bits per heavy atom. The molecule has 8 heteroatoms. The zero-order chi connectivity index (χ0) is 19.8. The Morgan fingerprint density at radius 2 is 1.96 bits per heavy atom. The highest BCUT2D eigenvalue weighted by Crippen LogP contribution is 2.41. The molecule has 7 nitrogen and oxygen atoms in total. The summed E-state index contributed by atoms with van der Waals surface area (Å²) < 4.78 is 36.1. The van der Waals surface area contributed by atoms with E-state index in [1.54, 1.807) is 7.11 Å². The molecule has 2 aliphatic heterocycles. The highest BCUT2D eigenvalue weighted by Gasteiger charge is 2.36. The average Bonchev–Trinajstić information content (AvgIpc) is 2.60. The molecule has 1 aromatic carbocycles. The largest absolute Gasteiger partial charge is 0.497 e. The quantitative estimate of drug-likeness (QED) is 0.842. The molecule has 1 atom stereocenters.